The lowest BCUT2D eigenvalue weighted by atomic mass is 9.79. The van der Waals surface area contributed by atoms with Gasteiger partial charge >= 0.3 is 0 Å². The molecule has 1 saturated carbocycles. The van der Waals surface area contributed by atoms with Crippen LogP contribution in [0.4, 0.5) is 0 Å². The summed E-state index contributed by atoms with van der Waals surface area (Å²) in [4.78, 5) is 0. The Balaban J connectivity index is 2.44. The highest BCUT2D eigenvalue weighted by atomic mass is 32.2. The Labute approximate surface area is 85.3 Å². The van der Waals surface area contributed by atoms with Gasteiger partial charge in [-0.05, 0) is 31.3 Å². The Bertz CT molecular complexity index is 146. The molecule has 0 heterocycles. The van der Waals surface area contributed by atoms with E-state index >= 15 is 0 Å². The van der Waals surface area contributed by atoms with Crippen LogP contribution in [0.1, 0.15) is 32.1 Å². The predicted molar refractivity (Wildman–Crippen MR) is 59.0 cm³/mol. The van der Waals surface area contributed by atoms with Crippen molar-refractivity contribution in [3.8, 4) is 0 Å². The summed E-state index contributed by atoms with van der Waals surface area (Å²) in [5.74, 6) is 1.04. The third-order valence-electron chi connectivity index (χ3n) is 3.31. The van der Waals surface area contributed by atoms with Gasteiger partial charge in [-0.3, -0.25) is 0 Å². The van der Waals surface area contributed by atoms with Gasteiger partial charge in [0.2, 0.25) is 0 Å². The molecule has 3 N–H and O–H groups in total. The molecule has 1 atom stereocenters. The van der Waals surface area contributed by atoms with E-state index in [1.807, 2.05) is 0 Å². The average molecular weight is 203 g/mol. The Morgan fingerprint density at radius 3 is 2.54 bits per heavy atom. The highest BCUT2D eigenvalue weighted by Crippen LogP contribution is 2.41. The molecular weight excluding hydrogens is 182 g/mol. The molecule has 1 unspecified atom stereocenters. The molecule has 0 aliphatic heterocycles. The Hall–Kier alpha value is 0.270. The van der Waals surface area contributed by atoms with Crippen LogP contribution in [-0.2, 0) is 0 Å². The van der Waals surface area contributed by atoms with Gasteiger partial charge < -0.3 is 10.8 Å². The number of hydrogen-bond donors (Lipinski definition) is 2. The minimum Gasteiger partial charge on any atom is -0.392 e. The lowest BCUT2D eigenvalue weighted by Gasteiger charge is -2.32. The molecule has 1 rings (SSSR count). The summed E-state index contributed by atoms with van der Waals surface area (Å²) in [5.41, 5.74) is 5.84. The molecule has 0 saturated heterocycles. The van der Waals surface area contributed by atoms with Gasteiger partial charge in [-0.15, -0.1) is 0 Å². The van der Waals surface area contributed by atoms with Crippen molar-refractivity contribution in [2.24, 2.45) is 11.1 Å². The molecule has 1 fully saturated rings. The first kappa shape index (κ1) is 11.3. The van der Waals surface area contributed by atoms with E-state index in [2.05, 4.69) is 6.26 Å². The van der Waals surface area contributed by atoms with E-state index < -0.39 is 0 Å². The van der Waals surface area contributed by atoms with Gasteiger partial charge in [-0.1, -0.05) is 12.8 Å². The maximum absolute atomic E-state index is 10.0. The van der Waals surface area contributed by atoms with Gasteiger partial charge in [0.25, 0.3) is 0 Å². The fourth-order valence-corrected chi connectivity index (χ4v) is 2.75. The van der Waals surface area contributed by atoms with E-state index in [0.29, 0.717) is 6.54 Å². The molecule has 0 bridgehead atoms. The number of hydrogen-bond acceptors (Lipinski definition) is 3. The fourth-order valence-electron chi connectivity index (χ4n) is 2.29. The van der Waals surface area contributed by atoms with Crippen molar-refractivity contribution in [2.45, 2.75) is 38.2 Å². The molecule has 0 radical (unpaired) electrons. The van der Waals surface area contributed by atoms with Crippen molar-refractivity contribution in [3.05, 3.63) is 0 Å². The second-order valence-electron chi connectivity index (χ2n) is 4.07. The molecule has 0 amide bonds. The summed E-state index contributed by atoms with van der Waals surface area (Å²) in [6.45, 7) is 0.655. The summed E-state index contributed by atoms with van der Waals surface area (Å²) < 4.78 is 0. The zero-order valence-corrected chi connectivity index (χ0v) is 9.28. The van der Waals surface area contributed by atoms with Crippen LogP contribution in [0.15, 0.2) is 0 Å². The predicted octanol–water partition coefficient (Wildman–Crippen LogP) is 1.62. The molecule has 2 nitrogen and oxygen atoms in total. The maximum Gasteiger partial charge on any atom is 0.0616 e. The summed E-state index contributed by atoms with van der Waals surface area (Å²) in [6.07, 6.45) is 7.54. The van der Waals surface area contributed by atoms with Crippen LogP contribution in [-0.4, -0.2) is 29.8 Å². The molecule has 3 heteroatoms. The smallest absolute Gasteiger partial charge is 0.0616 e. The summed E-state index contributed by atoms with van der Waals surface area (Å²) in [7, 11) is 0. The Morgan fingerprint density at radius 2 is 2.08 bits per heavy atom. The highest BCUT2D eigenvalue weighted by molar-refractivity contribution is 7.98. The van der Waals surface area contributed by atoms with E-state index in [1.54, 1.807) is 11.8 Å². The lowest BCUT2D eigenvalue weighted by Crippen LogP contribution is -2.39. The zero-order chi connectivity index (χ0) is 9.73. The summed E-state index contributed by atoms with van der Waals surface area (Å²) >= 11 is 1.80. The Kier molecular flexibility index (Phi) is 4.56. The Morgan fingerprint density at radius 1 is 1.46 bits per heavy atom. The second kappa shape index (κ2) is 5.23. The van der Waals surface area contributed by atoms with Crippen LogP contribution in [0, 0.1) is 5.41 Å². The van der Waals surface area contributed by atoms with Crippen LogP contribution < -0.4 is 5.73 Å². The molecule has 13 heavy (non-hydrogen) atoms. The van der Waals surface area contributed by atoms with Crippen molar-refractivity contribution in [2.75, 3.05) is 18.6 Å². The van der Waals surface area contributed by atoms with Crippen LogP contribution in [0.25, 0.3) is 0 Å². The highest BCUT2D eigenvalue weighted by Gasteiger charge is 2.38. The van der Waals surface area contributed by atoms with Crippen molar-refractivity contribution < 1.29 is 5.11 Å². The number of thioether (sulfide) groups is 1. The normalized spacial score (nSPS) is 23.3. The van der Waals surface area contributed by atoms with Gasteiger partial charge in [0.05, 0.1) is 6.10 Å². The van der Waals surface area contributed by atoms with E-state index in [0.717, 1.165) is 25.0 Å². The third kappa shape index (κ3) is 2.61. The van der Waals surface area contributed by atoms with Crippen molar-refractivity contribution in [1.29, 1.82) is 0 Å². The molecule has 0 aromatic heterocycles. The van der Waals surface area contributed by atoms with E-state index in [9.17, 15) is 5.11 Å². The molecule has 1 aliphatic carbocycles. The van der Waals surface area contributed by atoms with Crippen LogP contribution in [0.2, 0.25) is 0 Å². The molecule has 1 aliphatic rings. The third-order valence-corrected chi connectivity index (χ3v) is 3.95. The minimum absolute atomic E-state index is 0.0652. The first-order valence-electron chi connectivity index (χ1n) is 5.12. The van der Waals surface area contributed by atoms with Crippen LogP contribution in [0.3, 0.4) is 0 Å². The lowest BCUT2D eigenvalue weighted by molar-refractivity contribution is 0.0328. The molecule has 0 aromatic rings. The number of aliphatic hydroxyl groups is 1. The standard InChI is InChI=1S/C10H21NOS/c1-13-7-4-9(12)10(8-11)5-2-3-6-10/h9,12H,2-8,11H2,1H3. The summed E-state index contributed by atoms with van der Waals surface area (Å²) in [5, 5.41) is 10.0. The topological polar surface area (TPSA) is 46.2 Å². The van der Waals surface area contributed by atoms with Gasteiger partial charge in [-0.2, -0.15) is 11.8 Å². The zero-order valence-electron chi connectivity index (χ0n) is 8.46. The average Bonchev–Trinajstić information content (AvgIpc) is 2.63. The van der Waals surface area contributed by atoms with Gasteiger partial charge in [0, 0.05) is 12.0 Å². The second-order valence-corrected chi connectivity index (χ2v) is 5.06. The van der Waals surface area contributed by atoms with E-state index in [4.69, 9.17) is 5.73 Å². The molecule has 78 valence electrons. The van der Waals surface area contributed by atoms with Crippen molar-refractivity contribution in [3.63, 3.8) is 0 Å². The monoisotopic (exact) mass is 203 g/mol. The molecule has 0 aromatic carbocycles. The van der Waals surface area contributed by atoms with Crippen molar-refractivity contribution in [1.82, 2.24) is 0 Å². The van der Waals surface area contributed by atoms with Crippen LogP contribution in [0.5, 0.6) is 0 Å². The van der Waals surface area contributed by atoms with Gasteiger partial charge in [0.15, 0.2) is 0 Å². The number of rotatable bonds is 5. The van der Waals surface area contributed by atoms with Gasteiger partial charge in [-0.25, -0.2) is 0 Å². The number of aliphatic hydroxyl groups excluding tert-OH is 1. The maximum atomic E-state index is 10.0. The first-order valence-corrected chi connectivity index (χ1v) is 6.51. The molecular formula is C10H21NOS. The largest absolute Gasteiger partial charge is 0.392 e. The quantitative estimate of drug-likeness (QED) is 0.714. The summed E-state index contributed by atoms with van der Waals surface area (Å²) in [6, 6.07) is 0. The van der Waals surface area contributed by atoms with Crippen LogP contribution >= 0.6 is 11.8 Å². The SMILES string of the molecule is CSCCC(O)C1(CN)CCCC1. The fraction of sp³-hybridized carbons (Fsp3) is 1.00. The van der Waals surface area contributed by atoms with E-state index in [1.165, 1.54) is 12.8 Å². The number of nitrogens with two attached hydrogens (primary N) is 1. The molecule has 0 spiro atoms. The van der Waals surface area contributed by atoms with E-state index in [-0.39, 0.29) is 11.5 Å². The first-order chi connectivity index (χ1) is 6.25. The minimum atomic E-state index is -0.174. The van der Waals surface area contributed by atoms with Gasteiger partial charge in [0.1, 0.15) is 0 Å². The van der Waals surface area contributed by atoms with Crippen molar-refractivity contribution >= 4 is 11.8 Å².